The molecule has 1 aromatic carbocycles. The second-order valence-corrected chi connectivity index (χ2v) is 6.95. The van der Waals surface area contributed by atoms with E-state index in [2.05, 4.69) is 34.1 Å². The average molecular weight is 271 g/mol. The number of hydrogen-bond acceptors (Lipinski definition) is 3. The molecule has 0 unspecified atom stereocenters. The molecule has 1 aromatic rings. The third kappa shape index (κ3) is 2.45. The quantitative estimate of drug-likeness (QED) is 0.851. The highest BCUT2D eigenvalue weighted by atomic mass is 15.3. The standard InChI is InChI=1S/C17H25N3/c18-15-3-1-14(2-4-15)17(7-8-17)13-19-9-11-20(12-10-19)16-5-6-16/h1-4,16H,5-13,18H2. The van der Waals surface area contributed by atoms with Crippen molar-refractivity contribution in [2.45, 2.75) is 37.1 Å². The van der Waals surface area contributed by atoms with E-state index in [4.69, 9.17) is 5.73 Å². The van der Waals surface area contributed by atoms with Crippen molar-refractivity contribution in [3.05, 3.63) is 29.8 Å². The highest BCUT2D eigenvalue weighted by Crippen LogP contribution is 2.49. The van der Waals surface area contributed by atoms with E-state index in [1.807, 2.05) is 0 Å². The SMILES string of the molecule is Nc1ccc(C2(CN3CCN(C4CC4)CC3)CC2)cc1. The normalized spacial score (nSPS) is 26.6. The van der Waals surface area contributed by atoms with Gasteiger partial charge in [-0.1, -0.05) is 12.1 Å². The molecule has 1 aliphatic heterocycles. The molecule has 0 amide bonds. The zero-order chi connectivity index (χ0) is 13.6. The van der Waals surface area contributed by atoms with Crippen LogP contribution in [0.3, 0.4) is 0 Å². The summed E-state index contributed by atoms with van der Waals surface area (Å²) in [5.41, 5.74) is 8.62. The molecule has 2 N–H and O–H groups in total. The molecule has 3 fully saturated rings. The highest BCUT2D eigenvalue weighted by molar-refractivity contribution is 5.43. The third-order valence-corrected chi connectivity index (χ3v) is 5.37. The molecule has 0 aromatic heterocycles. The maximum Gasteiger partial charge on any atom is 0.0314 e. The van der Waals surface area contributed by atoms with Gasteiger partial charge in [0.15, 0.2) is 0 Å². The van der Waals surface area contributed by atoms with Crippen LogP contribution >= 0.6 is 0 Å². The Morgan fingerprint density at radius 1 is 1.00 bits per heavy atom. The van der Waals surface area contributed by atoms with Crippen LogP contribution < -0.4 is 5.73 Å². The van der Waals surface area contributed by atoms with Gasteiger partial charge in [-0.05, 0) is 43.4 Å². The zero-order valence-corrected chi connectivity index (χ0v) is 12.2. The van der Waals surface area contributed by atoms with Gasteiger partial charge in [0.2, 0.25) is 0 Å². The predicted molar refractivity (Wildman–Crippen MR) is 82.8 cm³/mol. The van der Waals surface area contributed by atoms with Crippen molar-refractivity contribution in [1.29, 1.82) is 0 Å². The minimum atomic E-state index is 0.440. The highest BCUT2D eigenvalue weighted by Gasteiger charge is 2.45. The van der Waals surface area contributed by atoms with E-state index in [0.29, 0.717) is 5.41 Å². The number of anilines is 1. The Kier molecular flexibility index (Phi) is 3.00. The van der Waals surface area contributed by atoms with Crippen molar-refractivity contribution in [3.8, 4) is 0 Å². The van der Waals surface area contributed by atoms with Crippen molar-refractivity contribution in [3.63, 3.8) is 0 Å². The lowest BCUT2D eigenvalue weighted by molar-refractivity contribution is 0.118. The fraction of sp³-hybridized carbons (Fsp3) is 0.647. The van der Waals surface area contributed by atoms with Crippen LogP contribution in [0.15, 0.2) is 24.3 Å². The number of benzene rings is 1. The maximum absolute atomic E-state index is 5.81. The van der Waals surface area contributed by atoms with Crippen LogP contribution in [-0.2, 0) is 5.41 Å². The van der Waals surface area contributed by atoms with Gasteiger partial charge < -0.3 is 5.73 Å². The smallest absolute Gasteiger partial charge is 0.0314 e. The maximum atomic E-state index is 5.81. The number of nitrogens with two attached hydrogens (primary N) is 1. The number of rotatable bonds is 4. The largest absolute Gasteiger partial charge is 0.399 e. The number of piperazine rings is 1. The van der Waals surface area contributed by atoms with Gasteiger partial charge in [0, 0.05) is 49.9 Å². The molecule has 2 aliphatic carbocycles. The van der Waals surface area contributed by atoms with E-state index in [1.54, 1.807) is 0 Å². The fourth-order valence-corrected chi connectivity index (χ4v) is 3.68. The summed E-state index contributed by atoms with van der Waals surface area (Å²) in [4.78, 5) is 5.38. The molecule has 4 rings (SSSR count). The Morgan fingerprint density at radius 2 is 1.65 bits per heavy atom. The van der Waals surface area contributed by atoms with Gasteiger partial charge in [0.05, 0.1) is 0 Å². The van der Waals surface area contributed by atoms with Crippen molar-refractivity contribution in [2.24, 2.45) is 0 Å². The van der Waals surface area contributed by atoms with E-state index in [0.717, 1.165) is 11.7 Å². The predicted octanol–water partition coefficient (Wildman–Crippen LogP) is 2.08. The summed E-state index contributed by atoms with van der Waals surface area (Å²) in [7, 11) is 0. The summed E-state index contributed by atoms with van der Waals surface area (Å²) in [5, 5.41) is 0. The van der Waals surface area contributed by atoms with Crippen LogP contribution in [-0.4, -0.2) is 48.6 Å². The summed E-state index contributed by atoms with van der Waals surface area (Å²) in [6.07, 6.45) is 5.57. The molecule has 3 heteroatoms. The second-order valence-electron chi connectivity index (χ2n) is 6.95. The molecule has 0 atom stereocenters. The summed E-state index contributed by atoms with van der Waals surface area (Å²) in [6, 6.07) is 9.52. The molecule has 3 nitrogen and oxygen atoms in total. The van der Waals surface area contributed by atoms with Crippen LogP contribution in [0.25, 0.3) is 0 Å². The van der Waals surface area contributed by atoms with E-state index in [1.165, 1.54) is 64.0 Å². The average Bonchev–Trinajstić information content (AvgIpc) is 3.35. The van der Waals surface area contributed by atoms with Gasteiger partial charge in [-0.15, -0.1) is 0 Å². The first-order valence-electron chi connectivity index (χ1n) is 8.08. The number of hydrogen-bond donors (Lipinski definition) is 1. The van der Waals surface area contributed by atoms with Gasteiger partial charge in [0.25, 0.3) is 0 Å². The molecule has 2 saturated carbocycles. The van der Waals surface area contributed by atoms with E-state index >= 15 is 0 Å². The summed E-state index contributed by atoms with van der Waals surface area (Å²) in [6.45, 7) is 6.32. The molecule has 1 saturated heterocycles. The molecule has 108 valence electrons. The lowest BCUT2D eigenvalue weighted by atomic mass is 9.95. The summed E-state index contributed by atoms with van der Waals surface area (Å²) < 4.78 is 0. The minimum Gasteiger partial charge on any atom is -0.399 e. The van der Waals surface area contributed by atoms with Gasteiger partial charge in [-0.2, -0.15) is 0 Å². The monoisotopic (exact) mass is 271 g/mol. The molecule has 0 radical (unpaired) electrons. The molecule has 0 spiro atoms. The van der Waals surface area contributed by atoms with E-state index in [9.17, 15) is 0 Å². The Balaban J connectivity index is 1.37. The minimum absolute atomic E-state index is 0.440. The first-order chi connectivity index (χ1) is 9.75. The van der Waals surface area contributed by atoms with Crippen LogP contribution in [0.5, 0.6) is 0 Å². The van der Waals surface area contributed by atoms with Gasteiger partial charge in [0.1, 0.15) is 0 Å². The number of nitrogens with zero attached hydrogens (tertiary/aromatic N) is 2. The van der Waals surface area contributed by atoms with Crippen molar-refractivity contribution in [1.82, 2.24) is 9.80 Å². The van der Waals surface area contributed by atoms with Crippen molar-refractivity contribution in [2.75, 3.05) is 38.5 Å². The Morgan fingerprint density at radius 3 is 2.20 bits per heavy atom. The molecule has 1 heterocycles. The fourth-order valence-electron chi connectivity index (χ4n) is 3.68. The van der Waals surface area contributed by atoms with Crippen LogP contribution in [0.4, 0.5) is 5.69 Å². The van der Waals surface area contributed by atoms with E-state index in [-0.39, 0.29) is 0 Å². The van der Waals surface area contributed by atoms with Gasteiger partial charge >= 0.3 is 0 Å². The molecule has 0 bridgehead atoms. The molecular formula is C17H25N3. The molecule has 20 heavy (non-hydrogen) atoms. The first kappa shape index (κ1) is 12.7. The third-order valence-electron chi connectivity index (χ3n) is 5.37. The Bertz CT molecular complexity index is 466. The Hall–Kier alpha value is -1.06. The van der Waals surface area contributed by atoms with Crippen molar-refractivity contribution < 1.29 is 0 Å². The van der Waals surface area contributed by atoms with Gasteiger partial charge in [-0.3, -0.25) is 9.80 Å². The molecular weight excluding hydrogens is 246 g/mol. The summed E-state index contributed by atoms with van der Waals surface area (Å²) in [5.74, 6) is 0. The Labute approximate surface area is 121 Å². The lowest BCUT2D eigenvalue weighted by Gasteiger charge is -2.37. The lowest BCUT2D eigenvalue weighted by Crippen LogP contribution is -2.49. The number of nitrogen functional groups attached to an aromatic ring is 1. The van der Waals surface area contributed by atoms with Gasteiger partial charge in [-0.25, -0.2) is 0 Å². The zero-order valence-electron chi connectivity index (χ0n) is 12.2. The topological polar surface area (TPSA) is 32.5 Å². The van der Waals surface area contributed by atoms with Crippen LogP contribution in [0.2, 0.25) is 0 Å². The summed E-state index contributed by atoms with van der Waals surface area (Å²) >= 11 is 0. The first-order valence-corrected chi connectivity index (χ1v) is 8.08. The second kappa shape index (κ2) is 4.74. The van der Waals surface area contributed by atoms with Crippen molar-refractivity contribution >= 4 is 5.69 Å². The van der Waals surface area contributed by atoms with Crippen LogP contribution in [0.1, 0.15) is 31.2 Å². The molecule has 3 aliphatic rings. The van der Waals surface area contributed by atoms with E-state index < -0.39 is 0 Å². The van der Waals surface area contributed by atoms with Crippen LogP contribution in [0, 0.1) is 0 Å².